The van der Waals surface area contributed by atoms with Crippen LogP contribution in [0.5, 0.6) is 0 Å². The first-order valence-corrected chi connectivity index (χ1v) is 8.66. The van der Waals surface area contributed by atoms with E-state index in [-0.39, 0.29) is 18.5 Å². The maximum Gasteiger partial charge on any atom is 0.239 e. The van der Waals surface area contributed by atoms with Crippen LogP contribution in [0.1, 0.15) is 29.0 Å². The van der Waals surface area contributed by atoms with Gasteiger partial charge in [0.15, 0.2) is 0 Å². The number of aromatic nitrogens is 2. The molecule has 1 unspecified atom stereocenters. The predicted molar refractivity (Wildman–Crippen MR) is 98.4 cm³/mol. The van der Waals surface area contributed by atoms with Gasteiger partial charge in [0.25, 0.3) is 0 Å². The van der Waals surface area contributed by atoms with Crippen molar-refractivity contribution in [3.8, 4) is 0 Å². The third kappa shape index (κ3) is 3.38. The quantitative estimate of drug-likeness (QED) is 0.745. The highest BCUT2D eigenvalue weighted by molar-refractivity contribution is 7.18. The van der Waals surface area contributed by atoms with Gasteiger partial charge in [-0.1, -0.05) is 30.3 Å². The van der Waals surface area contributed by atoms with Gasteiger partial charge in [0.1, 0.15) is 17.0 Å². The van der Waals surface area contributed by atoms with Crippen molar-refractivity contribution in [2.24, 2.45) is 0 Å². The van der Waals surface area contributed by atoms with Crippen LogP contribution in [0.25, 0.3) is 10.2 Å². The van der Waals surface area contributed by atoms with Crippen LogP contribution in [0.3, 0.4) is 0 Å². The molecule has 5 nitrogen and oxygen atoms in total. The molecule has 0 aliphatic heterocycles. The molecule has 0 fully saturated rings. The van der Waals surface area contributed by atoms with E-state index in [1.807, 2.05) is 37.3 Å². The number of anilines is 1. The largest absolute Gasteiger partial charge is 0.360 e. The molecule has 0 spiro atoms. The fourth-order valence-corrected chi connectivity index (χ4v) is 3.59. The van der Waals surface area contributed by atoms with E-state index in [0.29, 0.717) is 5.82 Å². The van der Waals surface area contributed by atoms with Gasteiger partial charge >= 0.3 is 0 Å². The Morgan fingerprint density at radius 2 is 1.96 bits per heavy atom. The maximum absolute atomic E-state index is 12.2. The number of fused-ring (bicyclic) bond motifs is 1. The molecule has 3 aromatic rings. The summed E-state index contributed by atoms with van der Waals surface area (Å²) >= 11 is 1.64. The van der Waals surface area contributed by atoms with Crippen LogP contribution in [-0.4, -0.2) is 22.4 Å². The molecule has 1 amide bonds. The Balaban J connectivity index is 1.67. The van der Waals surface area contributed by atoms with Crippen molar-refractivity contribution < 1.29 is 4.79 Å². The summed E-state index contributed by atoms with van der Waals surface area (Å²) in [6, 6.07) is 9.88. The van der Waals surface area contributed by atoms with E-state index >= 15 is 0 Å². The number of aryl methyl sites for hydroxylation is 2. The average molecular weight is 340 g/mol. The Bertz CT molecular complexity index is 860. The molecule has 0 saturated heterocycles. The Morgan fingerprint density at radius 1 is 1.21 bits per heavy atom. The molecule has 0 aliphatic carbocycles. The molecule has 2 heterocycles. The van der Waals surface area contributed by atoms with Crippen molar-refractivity contribution in [3.63, 3.8) is 0 Å². The van der Waals surface area contributed by atoms with Gasteiger partial charge in [-0.3, -0.25) is 4.79 Å². The highest BCUT2D eigenvalue weighted by atomic mass is 32.1. The van der Waals surface area contributed by atoms with E-state index in [4.69, 9.17) is 0 Å². The molecule has 0 bridgehead atoms. The standard InChI is InChI=1S/C18H20N4OS/c1-11-13(3)24-18-16(11)17(20-10-21-18)19-9-15(23)22-12(2)14-7-5-4-6-8-14/h4-8,10,12H,9H2,1-3H3,(H,22,23)(H,19,20,21). The van der Waals surface area contributed by atoms with Gasteiger partial charge in [-0.15, -0.1) is 11.3 Å². The number of benzene rings is 1. The molecule has 2 N–H and O–H groups in total. The number of nitrogens with zero attached hydrogens (tertiary/aromatic N) is 2. The molecular weight excluding hydrogens is 320 g/mol. The lowest BCUT2D eigenvalue weighted by atomic mass is 10.1. The van der Waals surface area contributed by atoms with Crippen molar-refractivity contribution in [3.05, 3.63) is 52.7 Å². The molecule has 1 aromatic carbocycles. The molecule has 124 valence electrons. The third-order valence-corrected chi connectivity index (χ3v) is 5.17. The van der Waals surface area contributed by atoms with E-state index in [9.17, 15) is 4.79 Å². The average Bonchev–Trinajstić information content (AvgIpc) is 2.89. The molecule has 24 heavy (non-hydrogen) atoms. The van der Waals surface area contributed by atoms with Gasteiger partial charge in [-0.25, -0.2) is 9.97 Å². The summed E-state index contributed by atoms with van der Waals surface area (Å²) in [6.45, 7) is 6.28. The summed E-state index contributed by atoms with van der Waals surface area (Å²) in [5.41, 5.74) is 2.25. The van der Waals surface area contributed by atoms with E-state index in [1.165, 1.54) is 11.2 Å². The summed E-state index contributed by atoms with van der Waals surface area (Å²) in [5, 5.41) is 7.14. The zero-order valence-corrected chi connectivity index (χ0v) is 14.8. The maximum atomic E-state index is 12.2. The molecule has 2 aromatic heterocycles. The Kier molecular flexibility index (Phi) is 4.76. The van der Waals surface area contributed by atoms with Crippen molar-refractivity contribution in [2.75, 3.05) is 11.9 Å². The highest BCUT2D eigenvalue weighted by Gasteiger charge is 2.13. The summed E-state index contributed by atoms with van der Waals surface area (Å²) in [6.07, 6.45) is 1.53. The topological polar surface area (TPSA) is 66.9 Å². The van der Waals surface area contributed by atoms with Crippen LogP contribution in [0.4, 0.5) is 5.82 Å². The zero-order valence-electron chi connectivity index (χ0n) is 14.0. The SMILES string of the molecule is Cc1sc2ncnc(NCC(=O)NC(C)c3ccccc3)c2c1C. The van der Waals surface area contributed by atoms with Gasteiger partial charge in [-0.2, -0.15) is 0 Å². The van der Waals surface area contributed by atoms with Crippen LogP contribution in [0, 0.1) is 13.8 Å². The van der Waals surface area contributed by atoms with Gasteiger partial charge in [0, 0.05) is 4.88 Å². The summed E-state index contributed by atoms with van der Waals surface area (Å²) in [5.74, 6) is 0.645. The summed E-state index contributed by atoms with van der Waals surface area (Å²) in [4.78, 5) is 23.0. The number of hydrogen-bond acceptors (Lipinski definition) is 5. The van der Waals surface area contributed by atoms with Gasteiger partial charge in [-0.05, 0) is 31.9 Å². The van der Waals surface area contributed by atoms with Crippen molar-refractivity contribution in [1.82, 2.24) is 15.3 Å². The summed E-state index contributed by atoms with van der Waals surface area (Å²) < 4.78 is 0. The number of amides is 1. The Hall–Kier alpha value is -2.47. The van der Waals surface area contributed by atoms with E-state index in [2.05, 4.69) is 34.4 Å². The monoisotopic (exact) mass is 340 g/mol. The number of hydrogen-bond donors (Lipinski definition) is 2. The van der Waals surface area contributed by atoms with Crippen LogP contribution >= 0.6 is 11.3 Å². The fourth-order valence-electron chi connectivity index (χ4n) is 2.60. The fraction of sp³-hybridized carbons (Fsp3) is 0.278. The first-order chi connectivity index (χ1) is 11.6. The van der Waals surface area contributed by atoms with Gasteiger partial charge in [0.2, 0.25) is 5.91 Å². The number of nitrogens with one attached hydrogen (secondary N) is 2. The Morgan fingerprint density at radius 3 is 2.71 bits per heavy atom. The van der Waals surface area contributed by atoms with Crippen molar-refractivity contribution >= 4 is 33.3 Å². The van der Waals surface area contributed by atoms with Crippen molar-refractivity contribution in [2.45, 2.75) is 26.8 Å². The molecule has 6 heteroatoms. The lowest BCUT2D eigenvalue weighted by Crippen LogP contribution is -2.32. The van der Waals surface area contributed by atoms with Crippen molar-refractivity contribution in [1.29, 1.82) is 0 Å². The lowest BCUT2D eigenvalue weighted by Gasteiger charge is -2.15. The number of thiophene rings is 1. The predicted octanol–water partition coefficient (Wildman–Crippen LogP) is 3.60. The minimum absolute atomic E-state index is 0.0314. The molecule has 3 rings (SSSR count). The number of carbonyl (C=O) groups is 1. The molecular formula is C18H20N4OS. The molecule has 1 atom stereocenters. The minimum Gasteiger partial charge on any atom is -0.360 e. The van der Waals surface area contributed by atoms with Crippen LogP contribution in [0.15, 0.2) is 36.7 Å². The van der Waals surface area contributed by atoms with E-state index in [1.54, 1.807) is 11.3 Å². The molecule has 0 saturated carbocycles. The first-order valence-electron chi connectivity index (χ1n) is 7.85. The lowest BCUT2D eigenvalue weighted by molar-refractivity contribution is -0.120. The third-order valence-electron chi connectivity index (χ3n) is 4.06. The smallest absolute Gasteiger partial charge is 0.239 e. The van der Waals surface area contributed by atoms with Gasteiger partial charge in [0.05, 0.1) is 18.0 Å². The minimum atomic E-state index is -0.0669. The number of carbonyl (C=O) groups excluding carboxylic acids is 1. The second kappa shape index (κ2) is 6.97. The zero-order chi connectivity index (χ0) is 17.1. The highest BCUT2D eigenvalue weighted by Crippen LogP contribution is 2.32. The normalized spacial score (nSPS) is 12.1. The van der Waals surface area contributed by atoms with E-state index in [0.717, 1.165) is 21.3 Å². The molecule has 0 aliphatic rings. The van der Waals surface area contributed by atoms with Crippen LogP contribution in [-0.2, 0) is 4.79 Å². The van der Waals surface area contributed by atoms with Crippen LogP contribution in [0.2, 0.25) is 0 Å². The second-order valence-corrected chi connectivity index (χ2v) is 6.94. The number of rotatable bonds is 5. The Labute approximate surface area is 145 Å². The molecule has 0 radical (unpaired) electrons. The van der Waals surface area contributed by atoms with E-state index < -0.39 is 0 Å². The summed E-state index contributed by atoms with van der Waals surface area (Å²) in [7, 11) is 0. The first kappa shape index (κ1) is 16.4. The van der Waals surface area contributed by atoms with Crippen LogP contribution < -0.4 is 10.6 Å². The second-order valence-electron chi connectivity index (χ2n) is 5.74. The van der Waals surface area contributed by atoms with Gasteiger partial charge < -0.3 is 10.6 Å².